The topological polar surface area (TPSA) is 137 Å². The van der Waals surface area contributed by atoms with Gasteiger partial charge in [-0.25, -0.2) is 10.3 Å². The van der Waals surface area contributed by atoms with E-state index in [4.69, 9.17) is 9.94 Å². The summed E-state index contributed by atoms with van der Waals surface area (Å²) in [5, 5.41) is 14.8. The van der Waals surface area contributed by atoms with E-state index in [0.717, 1.165) is 27.9 Å². The molecule has 0 unspecified atom stereocenters. The van der Waals surface area contributed by atoms with Crippen molar-refractivity contribution in [3.63, 3.8) is 0 Å². The molecule has 0 radical (unpaired) electrons. The summed E-state index contributed by atoms with van der Waals surface area (Å²) in [4.78, 5) is 53.6. The minimum atomic E-state index is -0.924. The number of anilines is 1. The number of hydrogen-bond acceptors (Lipinski definition) is 6. The van der Waals surface area contributed by atoms with Gasteiger partial charge in [-0.05, 0) is 66.6 Å². The Kier molecular flexibility index (Phi) is 10.3. The van der Waals surface area contributed by atoms with Crippen molar-refractivity contribution in [2.75, 3.05) is 4.90 Å². The van der Waals surface area contributed by atoms with Crippen LogP contribution in [0.1, 0.15) is 53.7 Å². The number of rotatable bonds is 10. The summed E-state index contributed by atoms with van der Waals surface area (Å²) >= 11 is 0. The first kappa shape index (κ1) is 32.9. The molecule has 1 atom stereocenters. The molecule has 4 aromatic carbocycles. The van der Waals surface area contributed by atoms with E-state index < -0.39 is 23.6 Å². The molecule has 0 saturated heterocycles. The van der Waals surface area contributed by atoms with E-state index in [0.29, 0.717) is 24.0 Å². The molecule has 0 spiro atoms. The average Bonchev–Trinajstić information content (AvgIpc) is 3.19. The number of benzene rings is 4. The first-order valence-electron chi connectivity index (χ1n) is 15.4. The van der Waals surface area contributed by atoms with Crippen molar-refractivity contribution in [2.24, 2.45) is 0 Å². The number of nitrogens with zero attached hydrogens (tertiary/aromatic N) is 1. The Morgan fingerprint density at radius 3 is 2.30 bits per heavy atom. The lowest BCUT2D eigenvalue weighted by molar-refractivity contribution is -0.128. The van der Waals surface area contributed by atoms with Crippen molar-refractivity contribution in [3.8, 4) is 11.1 Å². The first-order chi connectivity index (χ1) is 22.6. The van der Waals surface area contributed by atoms with E-state index in [-0.39, 0.29) is 31.4 Å². The van der Waals surface area contributed by atoms with Gasteiger partial charge in [0.2, 0.25) is 11.8 Å². The van der Waals surface area contributed by atoms with Crippen LogP contribution in [-0.2, 0) is 33.9 Å². The highest BCUT2D eigenvalue weighted by molar-refractivity contribution is 6.01. The summed E-state index contributed by atoms with van der Waals surface area (Å²) in [5.74, 6) is -1.20. The predicted molar refractivity (Wildman–Crippen MR) is 177 cm³/mol. The number of para-hydroxylation sites is 1. The number of fused-ring (bicyclic) bond motifs is 1. The molecule has 1 aliphatic rings. The van der Waals surface area contributed by atoms with E-state index >= 15 is 0 Å². The molecule has 242 valence electrons. The van der Waals surface area contributed by atoms with Gasteiger partial charge in [-0.3, -0.25) is 19.6 Å². The molecule has 10 nitrogen and oxygen atoms in total. The second kappa shape index (κ2) is 14.7. The zero-order valence-corrected chi connectivity index (χ0v) is 26.4. The lowest BCUT2D eigenvalue weighted by Gasteiger charge is -2.28. The number of nitrogens with one attached hydrogen (secondary N) is 3. The number of alkyl carbamates (subject to hydrolysis) is 1. The van der Waals surface area contributed by atoms with Crippen molar-refractivity contribution < 1.29 is 29.1 Å². The third-order valence-corrected chi connectivity index (χ3v) is 8.02. The van der Waals surface area contributed by atoms with Crippen LogP contribution in [0.2, 0.25) is 0 Å². The van der Waals surface area contributed by atoms with Gasteiger partial charge < -0.3 is 20.3 Å². The number of hydrogen-bond donors (Lipinski definition) is 4. The van der Waals surface area contributed by atoms with Gasteiger partial charge in [0.05, 0.1) is 6.54 Å². The van der Waals surface area contributed by atoms with Crippen molar-refractivity contribution in [1.29, 1.82) is 0 Å². The fraction of sp³-hybridized carbons (Fsp3) is 0.243. The monoisotopic (exact) mass is 634 g/mol. The highest BCUT2D eigenvalue weighted by Gasteiger charge is 2.33. The molecule has 47 heavy (non-hydrogen) atoms. The number of aryl methyl sites for hydroxylation is 1. The molecule has 10 heteroatoms. The largest absolute Gasteiger partial charge is 0.445 e. The average molecular weight is 635 g/mol. The number of ether oxygens (including phenoxy) is 1. The molecule has 4 N–H and O–H groups in total. The summed E-state index contributed by atoms with van der Waals surface area (Å²) in [6.07, 6.45) is 0.333. The van der Waals surface area contributed by atoms with E-state index in [1.54, 1.807) is 42.4 Å². The number of carbonyl (C=O) groups is 4. The number of carbonyl (C=O) groups excluding carboxylic acids is 4. The third-order valence-electron chi connectivity index (χ3n) is 8.02. The molecular weight excluding hydrogens is 596 g/mol. The van der Waals surface area contributed by atoms with Gasteiger partial charge in [0, 0.05) is 23.2 Å². The summed E-state index contributed by atoms with van der Waals surface area (Å²) in [7, 11) is 0. The second-order valence-corrected chi connectivity index (χ2v) is 12.1. The van der Waals surface area contributed by atoms with E-state index in [1.165, 1.54) is 0 Å². The van der Waals surface area contributed by atoms with Crippen LogP contribution in [0.3, 0.4) is 0 Å². The first-order valence-corrected chi connectivity index (χ1v) is 15.4. The lowest BCUT2D eigenvalue weighted by atomic mass is 9.98. The molecule has 4 aromatic rings. The number of amides is 4. The van der Waals surface area contributed by atoms with Crippen molar-refractivity contribution in [3.05, 3.63) is 125 Å². The molecule has 5 rings (SSSR count). The Hall–Kier alpha value is -5.48. The smallest absolute Gasteiger partial charge is 0.407 e. The lowest BCUT2D eigenvalue weighted by Crippen LogP contribution is -2.51. The van der Waals surface area contributed by atoms with Gasteiger partial charge in [-0.2, -0.15) is 0 Å². The zero-order chi connectivity index (χ0) is 33.4. The second-order valence-electron chi connectivity index (χ2n) is 12.1. The van der Waals surface area contributed by atoms with Crippen molar-refractivity contribution in [1.82, 2.24) is 16.1 Å². The van der Waals surface area contributed by atoms with Gasteiger partial charge in [0.1, 0.15) is 12.6 Å². The Balaban J connectivity index is 1.26. The van der Waals surface area contributed by atoms with Crippen LogP contribution in [0, 0.1) is 0 Å². The van der Waals surface area contributed by atoms with Crippen molar-refractivity contribution >= 4 is 29.5 Å². The molecule has 0 bridgehead atoms. The summed E-state index contributed by atoms with van der Waals surface area (Å²) in [6.45, 7) is 3.83. The molecular formula is C37H38N4O6. The Morgan fingerprint density at radius 1 is 0.872 bits per heavy atom. The quantitative estimate of drug-likeness (QED) is 0.134. The van der Waals surface area contributed by atoms with E-state index in [1.807, 2.05) is 84.9 Å². The molecule has 1 heterocycles. The van der Waals surface area contributed by atoms with Crippen LogP contribution in [0.15, 0.2) is 103 Å². The van der Waals surface area contributed by atoms with Crippen LogP contribution in [0.5, 0.6) is 0 Å². The van der Waals surface area contributed by atoms with E-state index in [2.05, 4.69) is 10.6 Å². The molecule has 0 saturated carbocycles. The fourth-order valence-corrected chi connectivity index (χ4v) is 5.70. The fourth-order valence-electron chi connectivity index (χ4n) is 5.70. The summed E-state index contributed by atoms with van der Waals surface area (Å²) in [5.41, 5.74) is 6.03. The molecule has 4 amide bonds. The van der Waals surface area contributed by atoms with Gasteiger partial charge in [-0.1, -0.05) is 91.0 Å². The Labute approximate surface area is 273 Å². The number of hydroxylamine groups is 1. The van der Waals surface area contributed by atoms with Crippen molar-refractivity contribution in [2.45, 2.75) is 57.8 Å². The van der Waals surface area contributed by atoms with Crippen LogP contribution < -0.4 is 21.0 Å². The Bertz CT molecular complexity index is 1740. The normalized spacial score (nSPS) is 14.4. The molecule has 0 aromatic heterocycles. The van der Waals surface area contributed by atoms with Crippen LogP contribution >= 0.6 is 0 Å². The van der Waals surface area contributed by atoms with Gasteiger partial charge in [0.15, 0.2) is 0 Å². The highest BCUT2D eigenvalue weighted by atomic mass is 16.5. The summed E-state index contributed by atoms with van der Waals surface area (Å²) in [6, 6.07) is 30.7. The minimum Gasteiger partial charge on any atom is -0.445 e. The Morgan fingerprint density at radius 2 is 1.55 bits per heavy atom. The maximum Gasteiger partial charge on any atom is 0.407 e. The molecule has 0 aliphatic carbocycles. The molecule has 0 fully saturated rings. The van der Waals surface area contributed by atoms with Crippen LogP contribution in [0.4, 0.5) is 10.5 Å². The molecule has 1 aliphatic heterocycles. The van der Waals surface area contributed by atoms with Gasteiger partial charge in [0.25, 0.3) is 5.91 Å². The van der Waals surface area contributed by atoms with Crippen LogP contribution in [-0.4, -0.2) is 40.6 Å². The van der Waals surface area contributed by atoms with E-state index in [9.17, 15) is 19.2 Å². The highest BCUT2D eigenvalue weighted by Crippen LogP contribution is 2.30. The third kappa shape index (κ3) is 8.42. The minimum absolute atomic E-state index is 0.0542. The maximum absolute atomic E-state index is 14.0. The maximum atomic E-state index is 14.0. The zero-order valence-electron chi connectivity index (χ0n) is 26.4. The van der Waals surface area contributed by atoms with Gasteiger partial charge in [-0.15, -0.1) is 0 Å². The predicted octanol–water partition coefficient (Wildman–Crippen LogP) is 5.53. The SMILES string of the molecule is CC(C)(CC(=O)N[C@@H]1CCc2ccccc2N(Cc2ccc(-c3ccccc3C(=O)NO)cc2)C1=O)NC(=O)OCc1ccccc1. The van der Waals surface area contributed by atoms with Gasteiger partial charge >= 0.3 is 6.09 Å². The van der Waals surface area contributed by atoms with Crippen LogP contribution in [0.25, 0.3) is 11.1 Å². The summed E-state index contributed by atoms with van der Waals surface area (Å²) < 4.78 is 5.32. The standard InChI is InChI=1S/C37H38N4O6/c1-37(2,39-36(45)47-24-26-10-4-3-5-11-26)22-33(42)38-31-21-20-28-12-6-9-15-32(28)41(35(31)44)23-25-16-18-27(19-17-25)29-13-7-8-14-30(29)34(43)40-46/h3-19,31,46H,20-24H2,1-2H3,(H,38,42)(H,39,45)(H,40,43)/t31-/m1/s1.